The van der Waals surface area contributed by atoms with Crippen LogP contribution in [0.1, 0.15) is 13.8 Å². The number of carbonyl (C=O) groups excluding carboxylic acids is 1. The Morgan fingerprint density at radius 2 is 1.61 bits per heavy atom. The lowest BCUT2D eigenvalue weighted by Gasteiger charge is -2.29. The number of rotatable bonds is 7. The largest absolute Gasteiger partial charge is 0.486 e. The molecule has 2 aromatic carbocycles. The summed E-state index contributed by atoms with van der Waals surface area (Å²) in [6, 6.07) is 11.0. The Kier molecular flexibility index (Phi) is 7.06. The lowest BCUT2D eigenvalue weighted by Crippen LogP contribution is -2.47. The predicted octanol–water partition coefficient (Wildman–Crippen LogP) is 2.24. The van der Waals surface area contributed by atoms with Crippen LogP contribution in [0, 0.1) is 5.92 Å². The van der Waals surface area contributed by atoms with Gasteiger partial charge in [0.2, 0.25) is 15.9 Å². The van der Waals surface area contributed by atoms with Gasteiger partial charge in [0.05, 0.1) is 18.1 Å². The first-order valence-corrected chi connectivity index (χ1v) is 12.5. The minimum absolute atomic E-state index is 0.0139. The Bertz CT molecular complexity index is 1080. The van der Waals surface area contributed by atoms with Gasteiger partial charge in [-0.2, -0.15) is 4.72 Å². The smallest absolute Gasteiger partial charge is 0.242 e. The molecule has 2 heterocycles. The van der Waals surface area contributed by atoms with Gasteiger partial charge >= 0.3 is 0 Å². The normalized spacial score (nSPS) is 17.0. The Hall–Kier alpha value is -2.82. The van der Waals surface area contributed by atoms with Crippen LogP contribution in [0.15, 0.2) is 47.4 Å². The third kappa shape index (κ3) is 5.58. The highest BCUT2D eigenvalue weighted by Gasteiger charge is 2.29. The predicted molar refractivity (Wildman–Crippen MR) is 124 cm³/mol. The molecule has 0 spiro atoms. The van der Waals surface area contributed by atoms with Gasteiger partial charge in [0.15, 0.2) is 11.5 Å². The van der Waals surface area contributed by atoms with Gasteiger partial charge in [-0.1, -0.05) is 13.8 Å². The van der Waals surface area contributed by atoms with E-state index < -0.39 is 22.0 Å². The molecule has 2 aliphatic rings. The van der Waals surface area contributed by atoms with Crippen molar-refractivity contribution < 1.29 is 27.4 Å². The minimum atomic E-state index is -3.96. The summed E-state index contributed by atoms with van der Waals surface area (Å²) in [5, 5.41) is 2.82. The summed E-state index contributed by atoms with van der Waals surface area (Å²) in [5.74, 6) is 0.170. The monoisotopic (exact) mass is 475 g/mol. The van der Waals surface area contributed by atoms with Crippen molar-refractivity contribution in [2.45, 2.75) is 24.8 Å². The summed E-state index contributed by atoms with van der Waals surface area (Å²) in [5.41, 5.74) is 1.65. The van der Waals surface area contributed by atoms with Crippen molar-refractivity contribution in [3.05, 3.63) is 42.5 Å². The summed E-state index contributed by atoms with van der Waals surface area (Å²) in [7, 11) is -3.96. The molecule has 0 aromatic heterocycles. The molecule has 0 radical (unpaired) electrons. The van der Waals surface area contributed by atoms with Crippen LogP contribution < -0.4 is 24.4 Å². The molecule has 0 bridgehead atoms. The van der Waals surface area contributed by atoms with Gasteiger partial charge in [-0.3, -0.25) is 4.79 Å². The average molecular weight is 476 g/mol. The first kappa shape index (κ1) is 23.3. The molecule has 1 saturated heterocycles. The zero-order valence-corrected chi connectivity index (χ0v) is 19.6. The molecule has 178 valence electrons. The summed E-state index contributed by atoms with van der Waals surface area (Å²) < 4.78 is 44.9. The SMILES string of the molecule is CC(C)[C@H](NS(=O)(=O)c1ccc2c(c1)OCCO2)C(=O)Nc1ccc(N2CCOCC2)cc1. The van der Waals surface area contributed by atoms with E-state index in [1.165, 1.54) is 12.1 Å². The molecule has 33 heavy (non-hydrogen) atoms. The quantitative estimate of drug-likeness (QED) is 0.633. The summed E-state index contributed by atoms with van der Waals surface area (Å²) in [6.45, 7) is 7.38. The summed E-state index contributed by atoms with van der Waals surface area (Å²) in [4.78, 5) is 15.2. The molecular weight excluding hydrogens is 446 g/mol. The van der Waals surface area contributed by atoms with Crippen LogP contribution in [0.2, 0.25) is 0 Å². The maximum absolute atomic E-state index is 13.0. The third-order valence-electron chi connectivity index (χ3n) is 5.57. The molecule has 1 fully saturated rings. The number of ether oxygens (including phenoxy) is 3. The number of sulfonamides is 1. The first-order chi connectivity index (χ1) is 15.8. The molecule has 4 rings (SSSR count). The highest BCUT2D eigenvalue weighted by Crippen LogP contribution is 2.32. The standard InChI is InChI=1S/C23H29N3O6S/c1-16(2)22(25-33(28,29)19-7-8-20-21(15-19)32-14-13-31-20)23(27)24-17-3-5-18(6-4-17)26-9-11-30-12-10-26/h3-8,15-16,22,25H,9-14H2,1-2H3,(H,24,27)/t22-/m0/s1. The van der Waals surface area contributed by atoms with Crippen LogP contribution in [0.4, 0.5) is 11.4 Å². The Morgan fingerprint density at radius 3 is 2.27 bits per heavy atom. The number of nitrogens with zero attached hydrogens (tertiary/aromatic N) is 1. The van der Waals surface area contributed by atoms with E-state index in [0.29, 0.717) is 43.6 Å². The van der Waals surface area contributed by atoms with E-state index in [0.717, 1.165) is 18.8 Å². The van der Waals surface area contributed by atoms with Crippen molar-refractivity contribution in [2.75, 3.05) is 49.7 Å². The fourth-order valence-corrected chi connectivity index (χ4v) is 5.07. The van der Waals surface area contributed by atoms with Crippen LogP contribution in [0.3, 0.4) is 0 Å². The Labute approximate surface area is 194 Å². The highest BCUT2D eigenvalue weighted by molar-refractivity contribution is 7.89. The molecule has 0 aliphatic carbocycles. The number of carbonyl (C=O) groups is 1. The van der Waals surface area contributed by atoms with E-state index in [1.807, 2.05) is 24.3 Å². The van der Waals surface area contributed by atoms with Gasteiger partial charge < -0.3 is 24.4 Å². The maximum atomic E-state index is 13.0. The van der Waals surface area contributed by atoms with Crippen molar-refractivity contribution in [1.82, 2.24) is 4.72 Å². The van der Waals surface area contributed by atoms with Crippen LogP contribution in [-0.2, 0) is 19.6 Å². The van der Waals surface area contributed by atoms with Gasteiger partial charge in [-0.15, -0.1) is 0 Å². The van der Waals surface area contributed by atoms with E-state index >= 15 is 0 Å². The highest BCUT2D eigenvalue weighted by atomic mass is 32.2. The van der Waals surface area contributed by atoms with Gasteiger partial charge in [-0.25, -0.2) is 8.42 Å². The number of hydrogen-bond acceptors (Lipinski definition) is 7. The number of morpholine rings is 1. The van der Waals surface area contributed by atoms with Gasteiger partial charge in [-0.05, 0) is 42.3 Å². The van der Waals surface area contributed by atoms with E-state index in [9.17, 15) is 13.2 Å². The first-order valence-electron chi connectivity index (χ1n) is 11.0. The number of anilines is 2. The maximum Gasteiger partial charge on any atom is 0.242 e. The molecule has 9 nitrogen and oxygen atoms in total. The van der Waals surface area contributed by atoms with Crippen LogP contribution in [0.5, 0.6) is 11.5 Å². The molecule has 2 aromatic rings. The second-order valence-corrected chi connectivity index (χ2v) is 10.00. The molecule has 0 saturated carbocycles. The summed E-state index contributed by atoms with van der Waals surface area (Å²) >= 11 is 0. The number of hydrogen-bond donors (Lipinski definition) is 2. The zero-order chi connectivity index (χ0) is 23.4. The number of amides is 1. The van der Waals surface area contributed by atoms with Gasteiger partial charge in [0, 0.05) is 30.5 Å². The van der Waals surface area contributed by atoms with E-state index in [-0.39, 0.29) is 10.8 Å². The van der Waals surface area contributed by atoms with E-state index in [2.05, 4.69) is 14.9 Å². The molecular formula is C23H29N3O6S. The molecule has 2 aliphatic heterocycles. The van der Waals surface area contributed by atoms with Gasteiger partial charge in [0.25, 0.3) is 0 Å². The lowest BCUT2D eigenvalue weighted by atomic mass is 10.0. The molecule has 0 unspecified atom stereocenters. The number of nitrogens with one attached hydrogen (secondary N) is 2. The molecule has 2 N–H and O–H groups in total. The van der Waals surface area contributed by atoms with Gasteiger partial charge in [0.1, 0.15) is 19.3 Å². The van der Waals surface area contributed by atoms with E-state index in [1.54, 1.807) is 19.9 Å². The molecule has 1 atom stereocenters. The van der Waals surface area contributed by atoms with Crippen molar-refractivity contribution in [3.8, 4) is 11.5 Å². The molecule has 1 amide bonds. The lowest BCUT2D eigenvalue weighted by molar-refractivity contribution is -0.118. The van der Waals surface area contributed by atoms with Crippen molar-refractivity contribution in [2.24, 2.45) is 5.92 Å². The second-order valence-electron chi connectivity index (χ2n) is 8.28. The van der Waals surface area contributed by atoms with Crippen LogP contribution in [-0.4, -0.2) is 59.9 Å². The minimum Gasteiger partial charge on any atom is -0.486 e. The second kappa shape index (κ2) is 9.98. The van der Waals surface area contributed by atoms with Crippen LogP contribution in [0.25, 0.3) is 0 Å². The van der Waals surface area contributed by atoms with Crippen molar-refractivity contribution >= 4 is 27.3 Å². The van der Waals surface area contributed by atoms with Crippen LogP contribution >= 0.6 is 0 Å². The average Bonchev–Trinajstić information content (AvgIpc) is 2.83. The Morgan fingerprint density at radius 1 is 0.939 bits per heavy atom. The van der Waals surface area contributed by atoms with Crippen molar-refractivity contribution in [1.29, 1.82) is 0 Å². The van der Waals surface area contributed by atoms with E-state index in [4.69, 9.17) is 14.2 Å². The fourth-order valence-electron chi connectivity index (χ4n) is 3.72. The summed E-state index contributed by atoms with van der Waals surface area (Å²) in [6.07, 6.45) is 0. The fraction of sp³-hybridized carbons (Fsp3) is 0.435. The Balaban J connectivity index is 1.45. The van der Waals surface area contributed by atoms with Crippen molar-refractivity contribution in [3.63, 3.8) is 0 Å². The number of benzene rings is 2. The number of fused-ring (bicyclic) bond motifs is 1. The third-order valence-corrected chi connectivity index (χ3v) is 7.01. The zero-order valence-electron chi connectivity index (χ0n) is 18.7. The molecule has 10 heteroatoms. The topological polar surface area (TPSA) is 106 Å².